The summed E-state index contributed by atoms with van der Waals surface area (Å²) in [6.07, 6.45) is 2.29. The molecule has 6 nitrogen and oxygen atoms in total. The molecule has 0 bridgehead atoms. The Balaban J connectivity index is 1.60. The first-order valence-corrected chi connectivity index (χ1v) is 9.13. The predicted molar refractivity (Wildman–Crippen MR) is 110 cm³/mol. The van der Waals surface area contributed by atoms with Gasteiger partial charge in [0.1, 0.15) is 11.4 Å². The van der Waals surface area contributed by atoms with Gasteiger partial charge in [-0.3, -0.25) is 4.79 Å². The molecule has 0 unspecified atom stereocenters. The largest absolute Gasteiger partial charge is 0.497 e. The number of anilines is 2. The highest BCUT2D eigenvalue weighted by Crippen LogP contribution is 2.17. The molecule has 0 spiro atoms. The molecule has 3 aromatic rings. The maximum absolute atomic E-state index is 12.4. The van der Waals surface area contributed by atoms with E-state index < -0.39 is 0 Å². The highest BCUT2D eigenvalue weighted by atomic mass is 16.5. The molecule has 3 rings (SSSR count). The summed E-state index contributed by atoms with van der Waals surface area (Å²) >= 11 is 0. The van der Waals surface area contributed by atoms with E-state index in [4.69, 9.17) is 4.74 Å². The van der Waals surface area contributed by atoms with Gasteiger partial charge in [-0.1, -0.05) is 18.2 Å². The second-order valence-corrected chi connectivity index (χ2v) is 6.62. The number of ether oxygens (including phenoxy) is 1. The van der Waals surface area contributed by atoms with Crippen LogP contribution < -0.4 is 15.4 Å². The molecule has 1 heterocycles. The molecule has 144 valence electrons. The molecule has 1 aromatic heterocycles. The quantitative estimate of drug-likeness (QED) is 0.656. The lowest BCUT2D eigenvalue weighted by Gasteiger charge is -2.09. The van der Waals surface area contributed by atoms with Crippen molar-refractivity contribution < 1.29 is 9.53 Å². The van der Waals surface area contributed by atoms with Crippen molar-refractivity contribution in [1.82, 2.24) is 15.3 Å². The van der Waals surface area contributed by atoms with Crippen LogP contribution in [0.15, 0.2) is 54.7 Å². The SMILES string of the molecule is COc1cccc(CCNC(=O)c2ccnc(Nc3cc(C)cc(C)c3)n2)c1. The first-order chi connectivity index (χ1) is 13.5. The number of amides is 1. The van der Waals surface area contributed by atoms with Gasteiger partial charge in [0.2, 0.25) is 5.95 Å². The van der Waals surface area contributed by atoms with Crippen LogP contribution in [0.5, 0.6) is 5.75 Å². The monoisotopic (exact) mass is 376 g/mol. The minimum Gasteiger partial charge on any atom is -0.497 e. The zero-order chi connectivity index (χ0) is 19.9. The fourth-order valence-corrected chi connectivity index (χ4v) is 2.96. The lowest BCUT2D eigenvalue weighted by molar-refractivity contribution is 0.0949. The Morgan fingerprint density at radius 2 is 1.86 bits per heavy atom. The molecule has 2 N–H and O–H groups in total. The fraction of sp³-hybridized carbons (Fsp3) is 0.227. The van der Waals surface area contributed by atoms with E-state index in [1.54, 1.807) is 19.4 Å². The molecule has 1 amide bonds. The number of aryl methyl sites for hydroxylation is 2. The molecule has 0 saturated heterocycles. The van der Waals surface area contributed by atoms with Gasteiger partial charge in [0, 0.05) is 18.4 Å². The molecule has 2 aromatic carbocycles. The van der Waals surface area contributed by atoms with Crippen LogP contribution in [0, 0.1) is 13.8 Å². The number of hydrogen-bond donors (Lipinski definition) is 2. The number of nitrogens with one attached hydrogen (secondary N) is 2. The number of carbonyl (C=O) groups excluding carboxylic acids is 1. The van der Waals surface area contributed by atoms with Gasteiger partial charge in [-0.15, -0.1) is 0 Å². The van der Waals surface area contributed by atoms with Crippen molar-refractivity contribution >= 4 is 17.5 Å². The van der Waals surface area contributed by atoms with E-state index in [9.17, 15) is 4.79 Å². The second kappa shape index (κ2) is 8.99. The van der Waals surface area contributed by atoms with Crippen LogP contribution >= 0.6 is 0 Å². The Morgan fingerprint density at radius 3 is 2.61 bits per heavy atom. The van der Waals surface area contributed by atoms with Gasteiger partial charge in [0.05, 0.1) is 7.11 Å². The van der Waals surface area contributed by atoms with Gasteiger partial charge in [-0.25, -0.2) is 9.97 Å². The molecule has 0 aliphatic rings. The molecule has 0 radical (unpaired) electrons. The summed E-state index contributed by atoms with van der Waals surface area (Å²) in [7, 11) is 1.64. The number of carbonyl (C=O) groups is 1. The van der Waals surface area contributed by atoms with Crippen molar-refractivity contribution in [1.29, 1.82) is 0 Å². The maximum atomic E-state index is 12.4. The highest BCUT2D eigenvalue weighted by molar-refractivity contribution is 5.92. The predicted octanol–water partition coefficient (Wildman–Crippen LogP) is 3.82. The molecule has 28 heavy (non-hydrogen) atoms. The van der Waals surface area contributed by atoms with Crippen LogP contribution in [0.4, 0.5) is 11.6 Å². The Kier molecular flexibility index (Phi) is 6.22. The minimum atomic E-state index is -0.228. The molecule has 0 aliphatic carbocycles. The minimum absolute atomic E-state index is 0.228. The van der Waals surface area contributed by atoms with Gasteiger partial charge in [0.15, 0.2) is 0 Å². The van der Waals surface area contributed by atoms with Gasteiger partial charge >= 0.3 is 0 Å². The molecule has 0 fully saturated rings. The third kappa shape index (κ3) is 5.30. The van der Waals surface area contributed by atoms with Crippen LogP contribution in [0.1, 0.15) is 27.2 Å². The van der Waals surface area contributed by atoms with Crippen molar-refractivity contribution in [3.63, 3.8) is 0 Å². The first kappa shape index (κ1) is 19.4. The van der Waals surface area contributed by atoms with E-state index in [0.717, 1.165) is 28.1 Å². The summed E-state index contributed by atoms with van der Waals surface area (Å²) in [5, 5.41) is 6.06. The Hall–Kier alpha value is -3.41. The highest BCUT2D eigenvalue weighted by Gasteiger charge is 2.09. The summed E-state index contributed by atoms with van der Waals surface area (Å²) in [6, 6.07) is 15.5. The van der Waals surface area contributed by atoms with Crippen LogP contribution in [0.2, 0.25) is 0 Å². The standard InChI is InChI=1S/C22H24N4O2/c1-15-11-16(2)13-18(12-15)25-22-24-10-8-20(26-22)21(27)23-9-7-17-5-4-6-19(14-17)28-3/h4-6,8,10-14H,7,9H2,1-3H3,(H,23,27)(H,24,25,26). The van der Waals surface area contributed by atoms with E-state index in [0.29, 0.717) is 24.6 Å². The smallest absolute Gasteiger partial charge is 0.270 e. The fourth-order valence-electron chi connectivity index (χ4n) is 2.96. The van der Waals surface area contributed by atoms with Crippen LogP contribution in [-0.2, 0) is 6.42 Å². The summed E-state index contributed by atoms with van der Waals surface area (Å²) in [6.45, 7) is 4.58. The Morgan fingerprint density at radius 1 is 1.07 bits per heavy atom. The lowest BCUT2D eigenvalue weighted by atomic mass is 10.1. The van der Waals surface area contributed by atoms with Gasteiger partial charge in [-0.2, -0.15) is 0 Å². The third-order valence-electron chi connectivity index (χ3n) is 4.20. The van der Waals surface area contributed by atoms with Crippen molar-refractivity contribution in [2.24, 2.45) is 0 Å². The summed E-state index contributed by atoms with van der Waals surface area (Å²) in [5.41, 5.74) is 4.61. The van der Waals surface area contributed by atoms with E-state index >= 15 is 0 Å². The number of benzene rings is 2. The van der Waals surface area contributed by atoms with E-state index in [1.807, 2.05) is 50.2 Å². The van der Waals surface area contributed by atoms with Gasteiger partial charge in [0.25, 0.3) is 5.91 Å². The molecule has 0 aliphatic heterocycles. The Labute approximate surface area is 165 Å². The Bertz CT molecular complexity index is 952. The average molecular weight is 376 g/mol. The van der Waals surface area contributed by atoms with Crippen LogP contribution in [0.25, 0.3) is 0 Å². The van der Waals surface area contributed by atoms with Crippen LogP contribution in [-0.4, -0.2) is 29.5 Å². The number of aromatic nitrogens is 2. The van der Waals surface area contributed by atoms with Crippen molar-refractivity contribution in [3.8, 4) is 5.75 Å². The van der Waals surface area contributed by atoms with E-state index in [1.165, 1.54) is 0 Å². The number of rotatable bonds is 7. The van der Waals surface area contributed by atoms with Crippen molar-refractivity contribution in [2.75, 3.05) is 19.0 Å². The van der Waals surface area contributed by atoms with Gasteiger partial charge < -0.3 is 15.4 Å². The first-order valence-electron chi connectivity index (χ1n) is 9.13. The summed E-state index contributed by atoms with van der Waals surface area (Å²) in [4.78, 5) is 21.0. The van der Waals surface area contributed by atoms with E-state index in [2.05, 4.69) is 26.7 Å². The molecule has 6 heteroatoms. The lowest BCUT2D eigenvalue weighted by Crippen LogP contribution is -2.26. The van der Waals surface area contributed by atoms with Crippen LogP contribution in [0.3, 0.4) is 0 Å². The summed E-state index contributed by atoms with van der Waals surface area (Å²) < 4.78 is 5.22. The second-order valence-electron chi connectivity index (χ2n) is 6.62. The van der Waals surface area contributed by atoms with Crippen molar-refractivity contribution in [3.05, 3.63) is 77.1 Å². The number of hydrogen-bond acceptors (Lipinski definition) is 5. The maximum Gasteiger partial charge on any atom is 0.270 e. The summed E-state index contributed by atoms with van der Waals surface area (Å²) in [5.74, 6) is 0.973. The molecular formula is C22H24N4O2. The molecule has 0 saturated carbocycles. The number of methoxy groups -OCH3 is 1. The van der Waals surface area contributed by atoms with Crippen molar-refractivity contribution in [2.45, 2.75) is 20.3 Å². The molecular weight excluding hydrogens is 352 g/mol. The van der Waals surface area contributed by atoms with E-state index in [-0.39, 0.29) is 5.91 Å². The average Bonchev–Trinajstić information content (AvgIpc) is 2.67. The normalized spacial score (nSPS) is 10.4. The number of nitrogens with zero attached hydrogens (tertiary/aromatic N) is 2. The zero-order valence-electron chi connectivity index (χ0n) is 16.3. The third-order valence-corrected chi connectivity index (χ3v) is 4.20. The molecule has 0 atom stereocenters. The zero-order valence-corrected chi connectivity index (χ0v) is 16.3. The van der Waals surface area contributed by atoms with Gasteiger partial charge in [-0.05, 0) is 67.3 Å². The topological polar surface area (TPSA) is 76.1 Å².